The fourth-order valence-corrected chi connectivity index (χ4v) is 1.78. The van der Waals surface area contributed by atoms with Gasteiger partial charge in [-0.1, -0.05) is 18.2 Å². The molecule has 1 heterocycles. The number of nitrogens with one attached hydrogen (secondary N) is 1. The highest BCUT2D eigenvalue weighted by Gasteiger charge is 2.32. The zero-order chi connectivity index (χ0) is 15.5. The smallest absolute Gasteiger partial charge is 0.416 e. The normalized spacial score (nSPS) is 11.3. The third-order valence-electron chi connectivity index (χ3n) is 2.80. The first-order valence-corrected chi connectivity index (χ1v) is 6.47. The number of ether oxygens (including phenoxy) is 1. The van der Waals surface area contributed by atoms with Crippen LogP contribution >= 0.6 is 0 Å². The van der Waals surface area contributed by atoms with Crippen molar-refractivity contribution in [2.45, 2.75) is 20.0 Å². The van der Waals surface area contributed by atoms with Crippen LogP contribution in [0.5, 0.6) is 11.6 Å². The summed E-state index contributed by atoms with van der Waals surface area (Å²) in [5, 5.41) is 2.77. The summed E-state index contributed by atoms with van der Waals surface area (Å²) in [6, 6.07) is 8.94. The summed E-state index contributed by atoms with van der Waals surface area (Å²) in [4.78, 5) is 4.04. The van der Waals surface area contributed by atoms with Crippen LogP contribution in [0.1, 0.15) is 18.1 Å². The predicted molar refractivity (Wildman–Crippen MR) is 74.7 cm³/mol. The van der Waals surface area contributed by atoms with E-state index in [9.17, 15) is 13.2 Å². The number of benzene rings is 1. The summed E-state index contributed by atoms with van der Waals surface area (Å²) in [5.41, 5.74) is 0.0266. The third-order valence-corrected chi connectivity index (χ3v) is 2.80. The number of para-hydroxylation sites is 1. The molecule has 0 unspecified atom stereocenters. The van der Waals surface area contributed by atoms with E-state index in [2.05, 4.69) is 10.3 Å². The minimum atomic E-state index is -4.45. The highest BCUT2D eigenvalue weighted by molar-refractivity contribution is 5.44. The maximum atomic E-state index is 12.9. The molecule has 0 saturated carbocycles. The molecular formula is C15H15F3N2O. The van der Waals surface area contributed by atoms with Crippen molar-refractivity contribution in [3.8, 4) is 11.6 Å². The molecule has 0 spiro atoms. The lowest BCUT2D eigenvalue weighted by Gasteiger charge is -2.13. The molecule has 0 bridgehead atoms. The zero-order valence-electron chi connectivity index (χ0n) is 11.7. The Morgan fingerprint density at radius 1 is 1.19 bits per heavy atom. The summed E-state index contributed by atoms with van der Waals surface area (Å²) in [6.45, 7) is 4.07. The van der Waals surface area contributed by atoms with Crippen LogP contribution in [0, 0.1) is 6.92 Å². The molecule has 0 saturated heterocycles. The Bertz CT molecular complexity index is 627. The molecule has 2 aromatic rings. The van der Waals surface area contributed by atoms with Gasteiger partial charge in [-0.3, -0.25) is 0 Å². The first-order chi connectivity index (χ1) is 9.90. The summed E-state index contributed by atoms with van der Waals surface area (Å²) >= 11 is 0. The largest absolute Gasteiger partial charge is 0.439 e. The number of hydrogen-bond donors (Lipinski definition) is 1. The molecule has 3 nitrogen and oxygen atoms in total. The number of nitrogens with zero attached hydrogens (tertiary/aromatic N) is 1. The molecule has 0 amide bonds. The maximum Gasteiger partial charge on any atom is 0.416 e. The zero-order valence-corrected chi connectivity index (χ0v) is 11.7. The quantitative estimate of drug-likeness (QED) is 0.893. The van der Waals surface area contributed by atoms with Gasteiger partial charge < -0.3 is 10.1 Å². The van der Waals surface area contributed by atoms with Crippen molar-refractivity contribution < 1.29 is 17.9 Å². The second-order valence-corrected chi connectivity index (χ2v) is 4.47. The molecule has 0 aliphatic carbocycles. The van der Waals surface area contributed by atoms with Crippen molar-refractivity contribution in [2.75, 3.05) is 11.9 Å². The molecule has 0 atom stereocenters. The van der Waals surface area contributed by atoms with Gasteiger partial charge in [-0.25, -0.2) is 0 Å². The average molecular weight is 296 g/mol. The van der Waals surface area contributed by atoms with Crippen LogP contribution < -0.4 is 10.1 Å². The van der Waals surface area contributed by atoms with E-state index in [-0.39, 0.29) is 11.7 Å². The van der Waals surface area contributed by atoms with Crippen LogP contribution in [0.25, 0.3) is 0 Å². The van der Waals surface area contributed by atoms with E-state index in [4.69, 9.17) is 4.74 Å². The fourth-order valence-electron chi connectivity index (χ4n) is 1.78. The molecular weight excluding hydrogens is 281 g/mol. The molecule has 0 radical (unpaired) electrons. The average Bonchev–Trinajstić information content (AvgIpc) is 2.41. The molecule has 0 aliphatic heterocycles. The SMILES string of the molecule is CCNc1cc(C(F)(F)F)cc(Oc2ccccc2C)n1. The van der Waals surface area contributed by atoms with Gasteiger partial charge in [-0.05, 0) is 31.5 Å². The van der Waals surface area contributed by atoms with E-state index in [1.807, 2.05) is 19.1 Å². The molecule has 0 aliphatic rings. The minimum absolute atomic E-state index is 0.0879. The Hall–Kier alpha value is -2.24. The van der Waals surface area contributed by atoms with Gasteiger partial charge in [0.1, 0.15) is 11.6 Å². The van der Waals surface area contributed by atoms with Gasteiger partial charge >= 0.3 is 6.18 Å². The van der Waals surface area contributed by atoms with Gasteiger partial charge in [0.05, 0.1) is 5.56 Å². The predicted octanol–water partition coefficient (Wildman–Crippen LogP) is 4.63. The second-order valence-electron chi connectivity index (χ2n) is 4.47. The number of aromatic nitrogens is 1. The van der Waals surface area contributed by atoms with Crippen LogP contribution in [0.2, 0.25) is 0 Å². The first kappa shape index (κ1) is 15.2. The van der Waals surface area contributed by atoms with E-state index in [0.29, 0.717) is 12.3 Å². The summed E-state index contributed by atoms with van der Waals surface area (Å²) in [7, 11) is 0. The molecule has 1 aromatic carbocycles. The number of aryl methyl sites for hydroxylation is 1. The van der Waals surface area contributed by atoms with Gasteiger partial charge in [0, 0.05) is 12.6 Å². The lowest BCUT2D eigenvalue weighted by molar-refractivity contribution is -0.137. The maximum absolute atomic E-state index is 12.9. The van der Waals surface area contributed by atoms with E-state index < -0.39 is 11.7 Å². The highest BCUT2D eigenvalue weighted by atomic mass is 19.4. The van der Waals surface area contributed by atoms with E-state index in [1.54, 1.807) is 19.1 Å². The summed E-state index contributed by atoms with van der Waals surface area (Å²) < 4.78 is 44.2. The molecule has 1 N–H and O–H groups in total. The van der Waals surface area contributed by atoms with Gasteiger partial charge in [0.25, 0.3) is 0 Å². The van der Waals surface area contributed by atoms with Crippen LogP contribution in [-0.2, 0) is 6.18 Å². The van der Waals surface area contributed by atoms with Gasteiger partial charge in [-0.15, -0.1) is 0 Å². The number of rotatable bonds is 4. The lowest BCUT2D eigenvalue weighted by atomic mass is 10.2. The van der Waals surface area contributed by atoms with Gasteiger partial charge in [0.2, 0.25) is 5.88 Å². The topological polar surface area (TPSA) is 34.1 Å². The van der Waals surface area contributed by atoms with Crippen molar-refractivity contribution >= 4 is 5.82 Å². The van der Waals surface area contributed by atoms with Crippen LogP contribution in [0.15, 0.2) is 36.4 Å². The minimum Gasteiger partial charge on any atom is -0.439 e. The van der Waals surface area contributed by atoms with Gasteiger partial charge in [0.15, 0.2) is 0 Å². The second kappa shape index (κ2) is 6.03. The number of pyridine rings is 1. The number of hydrogen-bond acceptors (Lipinski definition) is 3. The monoisotopic (exact) mass is 296 g/mol. The van der Waals surface area contributed by atoms with Crippen molar-refractivity contribution in [3.05, 3.63) is 47.5 Å². The van der Waals surface area contributed by atoms with Gasteiger partial charge in [-0.2, -0.15) is 18.2 Å². The highest BCUT2D eigenvalue weighted by Crippen LogP contribution is 2.34. The number of alkyl halides is 3. The lowest BCUT2D eigenvalue weighted by Crippen LogP contribution is -2.08. The molecule has 21 heavy (non-hydrogen) atoms. The van der Waals surface area contributed by atoms with Crippen molar-refractivity contribution in [1.82, 2.24) is 4.98 Å². The van der Waals surface area contributed by atoms with E-state index in [1.165, 1.54) is 0 Å². The molecule has 0 fully saturated rings. The van der Waals surface area contributed by atoms with Crippen LogP contribution in [0.3, 0.4) is 0 Å². The van der Waals surface area contributed by atoms with Crippen LogP contribution in [0.4, 0.5) is 19.0 Å². The third kappa shape index (κ3) is 3.87. The Labute approximate surface area is 120 Å². The van der Waals surface area contributed by atoms with E-state index in [0.717, 1.165) is 17.7 Å². The summed E-state index contributed by atoms with van der Waals surface area (Å²) in [6.07, 6.45) is -4.45. The van der Waals surface area contributed by atoms with E-state index >= 15 is 0 Å². The number of anilines is 1. The first-order valence-electron chi connectivity index (χ1n) is 6.47. The summed E-state index contributed by atoms with van der Waals surface area (Å²) in [5.74, 6) is 0.526. The molecule has 2 rings (SSSR count). The van der Waals surface area contributed by atoms with Crippen molar-refractivity contribution in [2.24, 2.45) is 0 Å². The fraction of sp³-hybridized carbons (Fsp3) is 0.267. The standard InChI is InChI=1S/C15H15F3N2O/c1-3-19-13-8-11(15(16,17)18)9-14(20-13)21-12-7-5-4-6-10(12)2/h4-9H,3H2,1-2H3,(H,19,20). The van der Waals surface area contributed by atoms with Crippen LogP contribution in [-0.4, -0.2) is 11.5 Å². The van der Waals surface area contributed by atoms with Crippen molar-refractivity contribution in [1.29, 1.82) is 0 Å². The Kier molecular flexibility index (Phi) is 4.35. The Morgan fingerprint density at radius 3 is 2.52 bits per heavy atom. The molecule has 6 heteroatoms. The Morgan fingerprint density at radius 2 is 1.90 bits per heavy atom. The molecule has 112 valence electrons. The Balaban J connectivity index is 2.38. The molecule has 1 aromatic heterocycles. The van der Waals surface area contributed by atoms with Crippen molar-refractivity contribution in [3.63, 3.8) is 0 Å². The number of halogens is 3.